The lowest BCUT2D eigenvalue weighted by Gasteiger charge is -2.33. The highest BCUT2D eigenvalue weighted by molar-refractivity contribution is 5.88. The Labute approximate surface area is 155 Å². The molecule has 0 unspecified atom stereocenters. The molecule has 1 aromatic heterocycles. The van der Waals surface area contributed by atoms with E-state index in [9.17, 15) is 15.0 Å². The zero-order valence-electron chi connectivity index (χ0n) is 15.3. The Morgan fingerprint density at radius 1 is 1.15 bits per heavy atom. The summed E-state index contributed by atoms with van der Waals surface area (Å²) in [6.45, 7) is 4.05. The maximum absolute atomic E-state index is 13.0. The fourth-order valence-electron chi connectivity index (χ4n) is 3.45. The number of hydrogen-bond acceptors (Lipinski definition) is 6. The summed E-state index contributed by atoms with van der Waals surface area (Å²) in [5.74, 6) is 0.738. The second kappa shape index (κ2) is 5.94. The van der Waals surface area contributed by atoms with Gasteiger partial charge in [-0.3, -0.25) is 4.79 Å². The first-order valence-corrected chi connectivity index (χ1v) is 8.67. The molecule has 2 aromatic carbocycles. The third-order valence-corrected chi connectivity index (χ3v) is 4.88. The van der Waals surface area contributed by atoms with Gasteiger partial charge in [-0.15, -0.1) is 0 Å². The lowest BCUT2D eigenvalue weighted by Crippen LogP contribution is -2.32. The number of hydrogen-bond donors (Lipinski definition) is 2. The van der Waals surface area contributed by atoms with Crippen LogP contribution >= 0.6 is 0 Å². The highest BCUT2D eigenvalue weighted by Gasteiger charge is 2.30. The van der Waals surface area contributed by atoms with E-state index in [0.29, 0.717) is 22.6 Å². The SMILES string of the molecule is COc1cc(-c2coc3cc(O)cc(O)c3c2=O)cc2c1OC(C)(C)CC2. The molecule has 0 radical (unpaired) electrons. The van der Waals surface area contributed by atoms with Crippen LogP contribution in [0.25, 0.3) is 22.1 Å². The predicted molar refractivity (Wildman–Crippen MR) is 101 cm³/mol. The quantitative estimate of drug-likeness (QED) is 0.711. The van der Waals surface area contributed by atoms with Crippen molar-refractivity contribution in [3.63, 3.8) is 0 Å². The van der Waals surface area contributed by atoms with Crippen LogP contribution in [0.5, 0.6) is 23.0 Å². The summed E-state index contributed by atoms with van der Waals surface area (Å²) in [4.78, 5) is 13.0. The minimum absolute atomic E-state index is 0.0272. The van der Waals surface area contributed by atoms with Crippen LogP contribution in [-0.2, 0) is 6.42 Å². The first kappa shape index (κ1) is 17.3. The maximum atomic E-state index is 13.0. The number of fused-ring (bicyclic) bond motifs is 2. The molecule has 0 spiro atoms. The van der Waals surface area contributed by atoms with Crippen LogP contribution in [0.2, 0.25) is 0 Å². The fourth-order valence-corrected chi connectivity index (χ4v) is 3.45. The molecule has 0 saturated heterocycles. The second-order valence-corrected chi connectivity index (χ2v) is 7.35. The minimum atomic E-state index is -0.382. The summed E-state index contributed by atoms with van der Waals surface area (Å²) in [5, 5.41) is 19.7. The van der Waals surface area contributed by atoms with E-state index in [1.165, 1.54) is 12.3 Å². The van der Waals surface area contributed by atoms with Crippen LogP contribution in [0.3, 0.4) is 0 Å². The van der Waals surface area contributed by atoms with Crippen molar-refractivity contribution in [1.29, 1.82) is 0 Å². The average molecular weight is 368 g/mol. The van der Waals surface area contributed by atoms with E-state index in [0.717, 1.165) is 24.5 Å². The molecule has 6 nitrogen and oxygen atoms in total. The standard InChI is InChI=1S/C21H20O6/c1-21(2)5-4-11-6-12(7-17(25-3)20(11)27-21)14-10-26-16-9-13(22)8-15(23)18(16)19(14)24/h6-10,22-23H,4-5H2,1-3H3. The molecule has 3 aromatic rings. The summed E-state index contributed by atoms with van der Waals surface area (Å²) in [6.07, 6.45) is 2.97. The minimum Gasteiger partial charge on any atom is -0.508 e. The normalized spacial score (nSPS) is 15.2. The number of aromatic hydroxyl groups is 2. The Morgan fingerprint density at radius 3 is 2.67 bits per heavy atom. The van der Waals surface area contributed by atoms with Crippen molar-refractivity contribution in [3.8, 4) is 34.1 Å². The molecular formula is C21H20O6. The van der Waals surface area contributed by atoms with Crippen LogP contribution in [0.1, 0.15) is 25.8 Å². The molecule has 0 saturated carbocycles. The van der Waals surface area contributed by atoms with Crippen molar-refractivity contribution in [2.24, 2.45) is 0 Å². The lowest BCUT2D eigenvalue weighted by atomic mass is 9.91. The smallest absolute Gasteiger partial charge is 0.204 e. The van der Waals surface area contributed by atoms with Gasteiger partial charge in [-0.2, -0.15) is 0 Å². The van der Waals surface area contributed by atoms with Gasteiger partial charge in [-0.05, 0) is 49.9 Å². The number of methoxy groups -OCH3 is 1. The number of aryl methyl sites for hydroxylation is 1. The molecule has 0 bridgehead atoms. The Morgan fingerprint density at radius 2 is 1.93 bits per heavy atom. The Bertz CT molecular complexity index is 1090. The molecule has 0 fully saturated rings. The van der Waals surface area contributed by atoms with Gasteiger partial charge in [0, 0.05) is 12.1 Å². The van der Waals surface area contributed by atoms with E-state index in [1.807, 2.05) is 19.9 Å². The molecule has 2 heterocycles. The highest BCUT2D eigenvalue weighted by atomic mass is 16.5. The molecule has 0 aliphatic carbocycles. The second-order valence-electron chi connectivity index (χ2n) is 7.35. The van der Waals surface area contributed by atoms with Crippen molar-refractivity contribution in [3.05, 3.63) is 46.3 Å². The van der Waals surface area contributed by atoms with Crippen LogP contribution < -0.4 is 14.9 Å². The van der Waals surface area contributed by atoms with Gasteiger partial charge in [-0.25, -0.2) is 0 Å². The van der Waals surface area contributed by atoms with Crippen LogP contribution in [-0.4, -0.2) is 22.9 Å². The molecule has 0 amide bonds. The highest BCUT2D eigenvalue weighted by Crippen LogP contribution is 2.43. The van der Waals surface area contributed by atoms with Crippen LogP contribution in [0, 0.1) is 0 Å². The van der Waals surface area contributed by atoms with E-state index in [4.69, 9.17) is 13.9 Å². The molecule has 2 N–H and O–H groups in total. The number of phenols is 2. The van der Waals surface area contributed by atoms with Gasteiger partial charge in [0.1, 0.15) is 34.3 Å². The summed E-state index contributed by atoms with van der Waals surface area (Å²) >= 11 is 0. The molecular weight excluding hydrogens is 348 g/mol. The van der Waals surface area contributed by atoms with Crippen molar-refractivity contribution in [2.45, 2.75) is 32.3 Å². The summed E-state index contributed by atoms with van der Waals surface area (Å²) < 4.78 is 17.1. The van der Waals surface area contributed by atoms with E-state index in [2.05, 4.69) is 0 Å². The molecule has 140 valence electrons. The lowest BCUT2D eigenvalue weighted by molar-refractivity contribution is 0.0805. The largest absolute Gasteiger partial charge is 0.508 e. The van der Waals surface area contributed by atoms with E-state index < -0.39 is 0 Å². The Kier molecular flexibility index (Phi) is 3.80. The van der Waals surface area contributed by atoms with E-state index in [-0.39, 0.29) is 33.5 Å². The van der Waals surface area contributed by atoms with Gasteiger partial charge in [0.15, 0.2) is 11.5 Å². The van der Waals surface area contributed by atoms with Crippen molar-refractivity contribution >= 4 is 11.0 Å². The van der Waals surface area contributed by atoms with E-state index >= 15 is 0 Å². The molecule has 0 atom stereocenters. The fraction of sp³-hybridized carbons (Fsp3) is 0.286. The molecule has 1 aliphatic rings. The molecule has 6 heteroatoms. The molecule has 1 aliphatic heterocycles. The number of benzene rings is 2. The monoisotopic (exact) mass is 368 g/mol. The van der Waals surface area contributed by atoms with Gasteiger partial charge in [0.05, 0.1) is 12.7 Å². The maximum Gasteiger partial charge on any atom is 0.204 e. The molecule has 27 heavy (non-hydrogen) atoms. The Hall–Kier alpha value is -3.15. The first-order valence-electron chi connectivity index (χ1n) is 8.67. The van der Waals surface area contributed by atoms with Gasteiger partial charge in [0.2, 0.25) is 5.43 Å². The van der Waals surface area contributed by atoms with Gasteiger partial charge < -0.3 is 24.1 Å². The summed E-state index contributed by atoms with van der Waals surface area (Å²) in [7, 11) is 1.56. The van der Waals surface area contributed by atoms with Crippen molar-refractivity contribution < 1.29 is 24.1 Å². The van der Waals surface area contributed by atoms with E-state index in [1.54, 1.807) is 13.2 Å². The Balaban J connectivity index is 1.92. The third-order valence-electron chi connectivity index (χ3n) is 4.88. The number of rotatable bonds is 2. The van der Waals surface area contributed by atoms with Crippen molar-refractivity contribution in [1.82, 2.24) is 0 Å². The zero-order chi connectivity index (χ0) is 19.3. The number of ether oxygens (including phenoxy) is 2. The topological polar surface area (TPSA) is 89.1 Å². The van der Waals surface area contributed by atoms with Crippen LogP contribution in [0.15, 0.2) is 39.7 Å². The van der Waals surface area contributed by atoms with Gasteiger partial charge in [-0.1, -0.05) is 0 Å². The summed E-state index contributed by atoms with van der Waals surface area (Å²) in [6, 6.07) is 6.04. The molecule has 4 rings (SSSR count). The van der Waals surface area contributed by atoms with Crippen molar-refractivity contribution in [2.75, 3.05) is 7.11 Å². The van der Waals surface area contributed by atoms with Crippen LogP contribution in [0.4, 0.5) is 0 Å². The third kappa shape index (κ3) is 2.87. The van der Waals surface area contributed by atoms with Gasteiger partial charge >= 0.3 is 0 Å². The van der Waals surface area contributed by atoms with Gasteiger partial charge in [0.25, 0.3) is 0 Å². The predicted octanol–water partition coefficient (Wildman–Crippen LogP) is 3.98. The average Bonchev–Trinajstić information content (AvgIpc) is 2.60. The zero-order valence-corrected chi connectivity index (χ0v) is 15.3. The first-order chi connectivity index (χ1) is 12.8. The summed E-state index contributed by atoms with van der Waals surface area (Å²) in [5.41, 5.74) is 1.34. The number of phenolic OH excluding ortho intramolecular Hbond substituents is 2.